The Morgan fingerprint density at radius 1 is 1.05 bits per heavy atom. The SMILES string of the molecule is O=C1CC2(CCSCC2)N(O)C2(CCS(=O)CC2)C1. The number of thioether (sulfide) groups is 1. The third kappa shape index (κ3) is 2.41. The zero-order valence-corrected chi connectivity index (χ0v) is 12.7. The summed E-state index contributed by atoms with van der Waals surface area (Å²) in [5.41, 5.74) is -0.759. The smallest absolute Gasteiger partial charge is 0.136 e. The molecular formula is C13H21NO3S2. The minimum absolute atomic E-state index is 0.282. The van der Waals surface area contributed by atoms with Crippen LogP contribution < -0.4 is 0 Å². The normalized spacial score (nSPS) is 39.8. The van der Waals surface area contributed by atoms with Gasteiger partial charge in [-0.05, 0) is 37.2 Å². The monoisotopic (exact) mass is 303 g/mol. The van der Waals surface area contributed by atoms with Crippen LogP contribution in [-0.2, 0) is 15.6 Å². The predicted octanol–water partition coefficient (Wildman–Crippen LogP) is 1.59. The van der Waals surface area contributed by atoms with Crippen LogP contribution in [0.5, 0.6) is 0 Å². The van der Waals surface area contributed by atoms with E-state index in [1.54, 1.807) is 5.06 Å². The summed E-state index contributed by atoms with van der Waals surface area (Å²) in [5.74, 6) is 3.56. The van der Waals surface area contributed by atoms with Crippen molar-refractivity contribution in [1.29, 1.82) is 0 Å². The fourth-order valence-electron chi connectivity index (χ4n) is 3.81. The van der Waals surface area contributed by atoms with Crippen molar-refractivity contribution < 1.29 is 14.2 Å². The van der Waals surface area contributed by atoms with Crippen LogP contribution in [0.4, 0.5) is 0 Å². The molecule has 1 N–H and O–H groups in total. The summed E-state index contributed by atoms with van der Waals surface area (Å²) >= 11 is 1.90. The van der Waals surface area contributed by atoms with E-state index in [9.17, 15) is 14.2 Å². The first-order valence-electron chi connectivity index (χ1n) is 7.00. The van der Waals surface area contributed by atoms with Gasteiger partial charge >= 0.3 is 0 Å². The van der Waals surface area contributed by atoms with Gasteiger partial charge in [0.05, 0.1) is 11.1 Å². The van der Waals surface area contributed by atoms with Gasteiger partial charge in [0.25, 0.3) is 0 Å². The highest BCUT2D eigenvalue weighted by molar-refractivity contribution is 7.99. The second kappa shape index (κ2) is 5.13. The summed E-state index contributed by atoms with van der Waals surface area (Å²) in [6.07, 6.45) is 4.10. The average Bonchev–Trinajstić information content (AvgIpc) is 2.40. The van der Waals surface area contributed by atoms with E-state index in [4.69, 9.17) is 0 Å². The van der Waals surface area contributed by atoms with Crippen LogP contribution in [0.2, 0.25) is 0 Å². The number of rotatable bonds is 0. The molecule has 6 heteroatoms. The summed E-state index contributed by atoms with van der Waals surface area (Å²) < 4.78 is 11.6. The van der Waals surface area contributed by atoms with Crippen molar-refractivity contribution in [3.8, 4) is 0 Å². The van der Waals surface area contributed by atoms with Crippen molar-refractivity contribution in [2.24, 2.45) is 0 Å². The van der Waals surface area contributed by atoms with Gasteiger partial charge < -0.3 is 5.21 Å². The molecule has 0 bridgehead atoms. The van der Waals surface area contributed by atoms with Crippen molar-refractivity contribution >= 4 is 28.3 Å². The quantitative estimate of drug-likeness (QED) is 0.736. The van der Waals surface area contributed by atoms with Gasteiger partial charge in [-0.15, -0.1) is 0 Å². The lowest BCUT2D eigenvalue weighted by Crippen LogP contribution is -2.66. The van der Waals surface area contributed by atoms with Crippen molar-refractivity contribution in [3.63, 3.8) is 0 Å². The average molecular weight is 303 g/mol. The highest BCUT2D eigenvalue weighted by Gasteiger charge is 2.55. The van der Waals surface area contributed by atoms with Gasteiger partial charge in [0, 0.05) is 35.1 Å². The first-order valence-corrected chi connectivity index (χ1v) is 9.64. The molecule has 3 aliphatic heterocycles. The summed E-state index contributed by atoms with van der Waals surface area (Å²) in [5, 5.41) is 12.4. The number of ketones is 1. The lowest BCUT2D eigenvalue weighted by atomic mass is 9.72. The largest absolute Gasteiger partial charge is 0.313 e. The molecule has 3 heterocycles. The Morgan fingerprint density at radius 3 is 2.16 bits per heavy atom. The van der Waals surface area contributed by atoms with Crippen LogP contribution in [0.3, 0.4) is 0 Å². The van der Waals surface area contributed by atoms with Gasteiger partial charge in [-0.3, -0.25) is 9.00 Å². The Bertz CT molecular complexity index is 397. The number of Topliss-reactive ketones (excluding diaryl/α,β-unsaturated/α-hetero) is 1. The van der Waals surface area contributed by atoms with Gasteiger partial charge in [-0.25, -0.2) is 0 Å². The van der Waals surface area contributed by atoms with Crippen molar-refractivity contribution in [3.05, 3.63) is 0 Å². The van der Waals surface area contributed by atoms with Gasteiger partial charge in [-0.1, -0.05) is 0 Å². The topological polar surface area (TPSA) is 57.6 Å². The number of hydrogen-bond donors (Lipinski definition) is 1. The Hall–Kier alpha value is 0.0900. The minimum atomic E-state index is -0.764. The van der Waals surface area contributed by atoms with E-state index in [0.29, 0.717) is 37.2 Å². The number of nitrogens with zero attached hydrogens (tertiary/aromatic N) is 1. The van der Waals surface area contributed by atoms with Gasteiger partial charge in [0.1, 0.15) is 5.78 Å². The van der Waals surface area contributed by atoms with E-state index in [0.717, 1.165) is 24.3 Å². The molecule has 3 fully saturated rings. The molecular weight excluding hydrogens is 282 g/mol. The zero-order valence-electron chi connectivity index (χ0n) is 11.1. The standard InChI is InChI=1S/C13H21NO3S2/c15-11-9-12(1-5-18-6-2-12)14(16)13(10-11)3-7-19(17)8-4-13/h16H,1-10H2. The second-order valence-electron chi connectivity index (χ2n) is 6.11. The molecule has 4 nitrogen and oxygen atoms in total. The minimum Gasteiger partial charge on any atom is -0.313 e. The van der Waals surface area contributed by atoms with E-state index in [1.807, 2.05) is 11.8 Å². The molecule has 0 unspecified atom stereocenters. The maximum Gasteiger partial charge on any atom is 0.136 e. The number of hydroxylamine groups is 2. The Kier molecular flexibility index (Phi) is 3.79. The highest BCUT2D eigenvalue weighted by atomic mass is 32.2. The first kappa shape index (κ1) is 14.0. The molecule has 0 aromatic rings. The molecule has 19 heavy (non-hydrogen) atoms. The van der Waals surface area contributed by atoms with Crippen molar-refractivity contribution in [2.45, 2.75) is 49.6 Å². The molecule has 0 aliphatic carbocycles. The van der Waals surface area contributed by atoms with E-state index in [2.05, 4.69) is 0 Å². The van der Waals surface area contributed by atoms with Gasteiger partial charge in [0.2, 0.25) is 0 Å². The maximum atomic E-state index is 12.2. The van der Waals surface area contributed by atoms with Crippen LogP contribution in [0, 0.1) is 0 Å². The lowest BCUT2D eigenvalue weighted by Gasteiger charge is -2.56. The lowest BCUT2D eigenvalue weighted by molar-refractivity contribution is -0.260. The molecule has 0 aromatic carbocycles. The number of hydrogen-bond acceptors (Lipinski definition) is 5. The third-order valence-electron chi connectivity index (χ3n) is 4.96. The summed E-state index contributed by atoms with van der Waals surface area (Å²) in [6.45, 7) is 0. The summed E-state index contributed by atoms with van der Waals surface area (Å²) in [6, 6.07) is 0. The summed E-state index contributed by atoms with van der Waals surface area (Å²) in [7, 11) is -0.764. The molecule has 2 spiro atoms. The third-order valence-corrected chi connectivity index (χ3v) is 7.27. The maximum absolute atomic E-state index is 12.2. The molecule has 3 aliphatic rings. The zero-order chi connectivity index (χ0) is 13.5. The van der Waals surface area contributed by atoms with E-state index < -0.39 is 16.3 Å². The summed E-state index contributed by atoms with van der Waals surface area (Å²) in [4.78, 5) is 12.2. The molecule has 3 saturated heterocycles. The molecule has 3 rings (SSSR count). The molecule has 0 saturated carbocycles. The molecule has 108 valence electrons. The fourth-order valence-corrected chi connectivity index (χ4v) is 6.48. The van der Waals surface area contributed by atoms with E-state index in [1.165, 1.54) is 0 Å². The molecule has 0 radical (unpaired) electrons. The van der Waals surface area contributed by atoms with Crippen LogP contribution in [0.25, 0.3) is 0 Å². The van der Waals surface area contributed by atoms with Crippen LogP contribution >= 0.6 is 11.8 Å². The van der Waals surface area contributed by atoms with E-state index >= 15 is 0 Å². The van der Waals surface area contributed by atoms with Crippen LogP contribution in [0.15, 0.2) is 0 Å². The number of piperidine rings is 1. The van der Waals surface area contributed by atoms with Gasteiger partial charge in [0.15, 0.2) is 0 Å². The van der Waals surface area contributed by atoms with Gasteiger partial charge in [-0.2, -0.15) is 16.8 Å². The van der Waals surface area contributed by atoms with Crippen molar-refractivity contribution in [2.75, 3.05) is 23.0 Å². The van der Waals surface area contributed by atoms with Crippen LogP contribution in [-0.4, -0.2) is 54.4 Å². The Balaban J connectivity index is 1.88. The number of carbonyl (C=O) groups is 1. The van der Waals surface area contributed by atoms with Crippen molar-refractivity contribution in [1.82, 2.24) is 5.06 Å². The predicted molar refractivity (Wildman–Crippen MR) is 77.0 cm³/mol. The number of carbonyl (C=O) groups excluding carboxylic acids is 1. The first-order chi connectivity index (χ1) is 9.06. The second-order valence-corrected chi connectivity index (χ2v) is 9.03. The molecule has 0 aromatic heterocycles. The Labute approximate surface area is 120 Å². The Morgan fingerprint density at radius 2 is 1.58 bits per heavy atom. The van der Waals surface area contributed by atoms with E-state index in [-0.39, 0.29) is 11.3 Å². The highest BCUT2D eigenvalue weighted by Crippen LogP contribution is 2.47. The molecule has 0 atom stereocenters. The molecule has 0 amide bonds. The fraction of sp³-hybridized carbons (Fsp3) is 0.923. The van der Waals surface area contributed by atoms with Crippen LogP contribution in [0.1, 0.15) is 38.5 Å².